The Kier molecular flexibility index (Phi) is 8.89. The van der Waals surface area contributed by atoms with Gasteiger partial charge in [-0.05, 0) is 42.8 Å². The van der Waals surface area contributed by atoms with E-state index >= 15 is 0 Å². The maximum atomic E-state index is 13.6. The zero-order valence-electron chi connectivity index (χ0n) is 20.7. The summed E-state index contributed by atoms with van der Waals surface area (Å²) in [5, 5.41) is 19.8. The first-order chi connectivity index (χ1) is 18.4. The summed E-state index contributed by atoms with van der Waals surface area (Å²) < 4.78 is 6.24. The van der Waals surface area contributed by atoms with Crippen LogP contribution in [0.5, 0.6) is 5.75 Å². The molecule has 0 fully saturated rings. The van der Waals surface area contributed by atoms with E-state index in [2.05, 4.69) is 37.9 Å². The average Bonchev–Trinajstić information content (AvgIpc) is 2.92. The molecule has 9 heteroatoms. The third-order valence-electron chi connectivity index (χ3n) is 5.84. The van der Waals surface area contributed by atoms with Gasteiger partial charge in [-0.15, -0.1) is 0 Å². The van der Waals surface area contributed by atoms with E-state index in [-0.39, 0.29) is 17.6 Å². The quantitative estimate of drug-likeness (QED) is 0.291. The molecule has 0 aromatic heterocycles. The first-order valence-corrected chi connectivity index (χ1v) is 13.5. The Morgan fingerprint density at radius 2 is 1.79 bits per heavy atom. The smallest absolute Gasteiger partial charge is 0.254 e. The molecule has 4 rings (SSSR count). The van der Waals surface area contributed by atoms with Crippen LogP contribution < -0.4 is 20.7 Å². The van der Waals surface area contributed by atoms with Crippen LogP contribution >= 0.6 is 27.7 Å². The minimum Gasteiger partial charge on any atom is -0.495 e. The number of nitrogens with one attached hydrogen (secondary N) is 3. The number of hydrogen-bond acceptors (Lipinski definition) is 6. The molecule has 1 aliphatic rings. The fraction of sp³-hybridized carbons (Fsp3) is 0.138. The maximum Gasteiger partial charge on any atom is 0.254 e. The number of para-hydroxylation sites is 2. The van der Waals surface area contributed by atoms with Gasteiger partial charge < -0.3 is 20.7 Å². The van der Waals surface area contributed by atoms with Crippen molar-refractivity contribution in [1.29, 1.82) is 5.26 Å². The van der Waals surface area contributed by atoms with Crippen molar-refractivity contribution in [1.82, 2.24) is 5.32 Å². The van der Waals surface area contributed by atoms with E-state index < -0.39 is 5.92 Å². The first-order valence-electron chi connectivity index (χ1n) is 11.7. The number of allylic oxidation sites excluding steroid dienone is 2. The molecular weight excluding hydrogens is 564 g/mol. The number of halogens is 1. The summed E-state index contributed by atoms with van der Waals surface area (Å²) in [4.78, 5) is 26.3. The molecule has 3 N–H and O–H groups in total. The summed E-state index contributed by atoms with van der Waals surface area (Å²) in [6, 6.07) is 26.2. The van der Waals surface area contributed by atoms with Gasteiger partial charge in [0.05, 0.1) is 41.1 Å². The van der Waals surface area contributed by atoms with Crippen molar-refractivity contribution in [2.24, 2.45) is 0 Å². The monoisotopic (exact) mass is 588 g/mol. The highest BCUT2D eigenvalue weighted by atomic mass is 79.9. The average molecular weight is 590 g/mol. The number of methoxy groups -OCH3 is 1. The van der Waals surface area contributed by atoms with Gasteiger partial charge in [0.15, 0.2) is 0 Å². The molecule has 192 valence electrons. The molecule has 1 aliphatic heterocycles. The molecule has 3 aromatic rings. The Morgan fingerprint density at radius 3 is 2.50 bits per heavy atom. The Morgan fingerprint density at radius 1 is 1.05 bits per heavy atom. The lowest BCUT2D eigenvalue weighted by atomic mass is 9.82. The van der Waals surface area contributed by atoms with Crippen molar-refractivity contribution in [2.45, 2.75) is 12.8 Å². The van der Waals surface area contributed by atoms with Crippen molar-refractivity contribution in [2.75, 3.05) is 23.5 Å². The number of ether oxygens (including phenoxy) is 1. The van der Waals surface area contributed by atoms with Gasteiger partial charge in [0.2, 0.25) is 5.91 Å². The fourth-order valence-electron chi connectivity index (χ4n) is 4.14. The van der Waals surface area contributed by atoms with E-state index in [0.717, 1.165) is 10.0 Å². The molecule has 0 aliphatic carbocycles. The fourth-order valence-corrected chi connectivity index (χ4v) is 5.44. The second kappa shape index (κ2) is 12.5. The summed E-state index contributed by atoms with van der Waals surface area (Å²) >= 11 is 4.62. The van der Waals surface area contributed by atoms with Crippen molar-refractivity contribution in [3.63, 3.8) is 0 Å². The number of hydrogen-bond donors (Lipinski definition) is 3. The third kappa shape index (κ3) is 6.28. The molecule has 38 heavy (non-hydrogen) atoms. The van der Waals surface area contributed by atoms with Crippen molar-refractivity contribution >= 4 is 50.9 Å². The van der Waals surface area contributed by atoms with Crippen LogP contribution in [0.15, 0.2) is 105 Å². The molecule has 3 aromatic carbocycles. The first kappa shape index (κ1) is 27.0. The minimum atomic E-state index is -0.618. The van der Waals surface area contributed by atoms with Gasteiger partial charge in [0, 0.05) is 21.4 Å². The Bertz CT molecular complexity index is 1460. The zero-order valence-corrected chi connectivity index (χ0v) is 23.2. The maximum absolute atomic E-state index is 13.6. The zero-order chi connectivity index (χ0) is 27.1. The molecule has 1 heterocycles. The van der Waals surface area contributed by atoms with Crippen LogP contribution in [0.4, 0.5) is 11.4 Å². The molecule has 0 saturated carbocycles. The number of thioether (sulfide) groups is 1. The molecule has 1 atom stereocenters. The Hall–Kier alpha value is -4.00. The highest BCUT2D eigenvalue weighted by molar-refractivity contribution is 9.10. The predicted molar refractivity (Wildman–Crippen MR) is 155 cm³/mol. The molecular formula is C29H25BrN4O3S. The topological polar surface area (TPSA) is 103 Å². The van der Waals surface area contributed by atoms with Crippen LogP contribution in [0.25, 0.3) is 0 Å². The predicted octanol–water partition coefficient (Wildman–Crippen LogP) is 6.16. The number of amides is 2. The van der Waals surface area contributed by atoms with E-state index in [9.17, 15) is 14.9 Å². The molecule has 0 unspecified atom stereocenters. The van der Waals surface area contributed by atoms with E-state index in [4.69, 9.17) is 4.74 Å². The van der Waals surface area contributed by atoms with Gasteiger partial charge in [0.25, 0.3) is 5.91 Å². The Labute approximate surface area is 234 Å². The summed E-state index contributed by atoms with van der Waals surface area (Å²) in [6.07, 6.45) is 0. The standard InChI is InChI=1S/C29H25BrN4O3S/c1-18-26(28(36)34-23-13-6-7-14-24(23)37-2)27(19-9-4-3-5-10-19)22(16-31)29(32-18)38-17-25(35)33-21-12-8-11-20(30)15-21/h3-15,27,32H,17H2,1-2H3,(H,33,35)(H,34,36)/t27-/m1/s1. The number of carbonyl (C=O) groups is 2. The number of dihydropyridines is 1. The van der Waals surface area contributed by atoms with E-state index in [1.165, 1.54) is 18.9 Å². The van der Waals surface area contributed by atoms with Crippen LogP contribution in [0.2, 0.25) is 0 Å². The van der Waals surface area contributed by atoms with E-state index in [1.807, 2.05) is 60.7 Å². The molecule has 0 saturated heterocycles. The Balaban J connectivity index is 1.62. The van der Waals surface area contributed by atoms with E-state index in [1.54, 1.807) is 25.1 Å². The van der Waals surface area contributed by atoms with Gasteiger partial charge in [-0.2, -0.15) is 5.26 Å². The van der Waals surface area contributed by atoms with Gasteiger partial charge in [-0.1, -0.05) is 76.2 Å². The number of nitriles is 1. The third-order valence-corrected chi connectivity index (χ3v) is 7.35. The van der Waals surface area contributed by atoms with Crippen molar-refractivity contribution in [3.05, 3.63) is 111 Å². The molecule has 0 bridgehead atoms. The lowest BCUT2D eigenvalue weighted by molar-refractivity contribution is -0.114. The number of anilines is 2. The van der Waals surface area contributed by atoms with Gasteiger partial charge >= 0.3 is 0 Å². The minimum absolute atomic E-state index is 0.0809. The van der Waals surface area contributed by atoms with Crippen molar-refractivity contribution < 1.29 is 14.3 Å². The van der Waals surface area contributed by atoms with Crippen LogP contribution in [0.1, 0.15) is 18.4 Å². The summed E-state index contributed by atoms with van der Waals surface area (Å²) in [7, 11) is 1.54. The van der Waals surface area contributed by atoms with Crippen LogP contribution in [0.3, 0.4) is 0 Å². The second-order valence-corrected chi connectivity index (χ2v) is 10.3. The van der Waals surface area contributed by atoms with Gasteiger partial charge in [0.1, 0.15) is 5.75 Å². The van der Waals surface area contributed by atoms with Crippen LogP contribution in [0, 0.1) is 11.3 Å². The largest absolute Gasteiger partial charge is 0.495 e. The summed E-state index contributed by atoms with van der Waals surface area (Å²) in [5.41, 5.74) is 3.38. The number of rotatable bonds is 8. The lowest BCUT2D eigenvalue weighted by Gasteiger charge is -2.30. The summed E-state index contributed by atoms with van der Waals surface area (Å²) in [5.74, 6) is -0.567. The highest BCUT2D eigenvalue weighted by Crippen LogP contribution is 2.41. The van der Waals surface area contributed by atoms with Crippen molar-refractivity contribution in [3.8, 4) is 11.8 Å². The lowest BCUT2D eigenvalue weighted by Crippen LogP contribution is -2.31. The van der Waals surface area contributed by atoms with E-state index in [0.29, 0.717) is 39.0 Å². The number of carbonyl (C=O) groups excluding carboxylic acids is 2. The normalized spacial score (nSPS) is 14.8. The highest BCUT2D eigenvalue weighted by Gasteiger charge is 2.35. The van der Waals surface area contributed by atoms with Crippen LogP contribution in [-0.2, 0) is 9.59 Å². The van der Waals surface area contributed by atoms with Gasteiger partial charge in [-0.25, -0.2) is 0 Å². The summed E-state index contributed by atoms with van der Waals surface area (Å²) in [6.45, 7) is 1.80. The molecule has 2 amide bonds. The number of benzene rings is 3. The second-order valence-electron chi connectivity index (χ2n) is 8.36. The van der Waals surface area contributed by atoms with Crippen LogP contribution in [-0.4, -0.2) is 24.7 Å². The molecule has 7 nitrogen and oxygen atoms in total. The van der Waals surface area contributed by atoms with Gasteiger partial charge in [-0.3, -0.25) is 9.59 Å². The SMILES string of the molecule is COc1ccccc1NC(=O)C1=C(C)NC(SCC(=O)Nc2cccc(Br)c2)=C(C#N)[C@H]1c1ccccc1. The molecule has 0 spiro atoms. The molecule has 0 radical (unpaired) electrons. The number of nitrogens with zero attached hydrogens (tertiary/aromatic N) is 1.